The van der Waals surface area contributed by atoms with Crippen LogP contribution in [-0.4, -0.2) is 82.9 Å². The van der Waals surface area contributed by atoms with Gasteiger partial charge in [0.25, 0.3) is 0 Å². The van der Waals surface area contributed by atoms with E-state index < -0.39 is 30.9 Å². The molecule has 1 saturated carbocycles. The Labute approximate surface area is 228 Å². The van der Waals surface area contributed by atoms with Gasteiger partial charge in [0.05, 0.1) is 38.1 Å². The van der Waals surface area contributed by atoms with E-state index in [0.29, 0.717) is 19.8 Å². The third kappa shape index (κ3) is 3.95. The number of hydrogen-bond acceptors (Lipinski definition) is 8. The third-order valence-electron chi connectivity index (χ3n) is 9.73. The fourth-order valence-electron chi connectivity index (χ4n) is 7.98. The lowest BCUT2D eigenvalue weighted by atomic mass is 9.53. The lowest BCUT2D eigenvalue weighted by Crippen LogP contribution is -2.64. The van der Waals surface area contributed by atoms with Crippen LogP contribution < -0.4 is 0 Å². The molecule has 5 aliphatic heterocycles. The van der Waals surface area contributed by atoms with Gasteiger partial charge in [0.15, 0.2) is 11.6 Å². The highest BCUT2D eigenvalue weighted by molar-refractivity contribution is 6.70. The summed E-state index contributed by atoms with van der Waals surface area (Å²) in [5.41, 5.74) is -1.64. The molecule has 2 bridgehead atoms. The van der Waals surface area contributed by atoms with Crippen LogP contribution in [0.2, 0.25) is 19.6 Å². The van der Waals surface area contributed by atoms with E-state index >= 15 is 0 Å². The van der Waals surface area contributed by atoms with E-state index in [0.717, 1.165) is 5.76 Å². The molecule has 0 aromatic rings. The maximum Gasteiger partial charge on any atom is 0.241 e. The Morgan fingerprint density at radius 1 is 0.895 bits per heavy atom. The van der Waals surface area contributed by atoms with Crippen LogP contribution in [0.4, 0.5) is 0 Å². The molecule has 6 aliphatic rings. The van der Waals surface area contributed by atoms with Crippen LogP contribution in [0, 0.1) is 22.7 Å². The summed E-state index contributed by atoms with van der Waals surface area (Å²) in [5, 5.41) is 0. The summed E-state index contributed by atoms with van der Waals surface area (Å²) in [6.45, 7) is 21.0. The Morgan fingerprint density at radius 3 is 2.21 bits per heavy atom. The topological polar surface area (TPSA) is 77.1 Å². The summed E-state index contributed by atoms with van der Waals surface area (Å²) < 4.78 is 51.8. The minimum atomic E-state index is -1.97. The number of methoxy groups -OCH3 is 1. The number of epoxide rings is 1. The van der Waals surface area contributed by atoms with Crippen LogP contribution >= 0.6 is 0 Å². The van der Waals surface area contributed by atoms with Gasteiger partial charge in [-0.1, -0.05) is 20.8 Å². The molecule has 0 spiro atoms. The van der Waals surface area contributed by atoms with Crippen molar-refractivity contribution in [2.24, 2.45) is 22.7 Å². The van der Waals surface area contributed by atoms with Gasteiger partial charge in [-0.2, -0.15) is 0 Å². The van der Waals surface area contributed by atoms with Gasteiger partial charge in [0, 0.05) is 29.8 Å². The van der Waals surface area contributed by atoms with Crippen molar-refractivity contribution >= 4 is 8.32 Å². The molecule has 1 aliphatic carbocycles. The van der Waals surface area contributed by atoms with Gasteiger partial charge in [-0.05, 0) is 58.6 Å². The summed E-state index contributed by atoms with van der Waals surface area (Å²) in [6.07, 6.45) is 5.82. The zero-order chi connectivity index (χ0) is 27.5. The van der Waals surface area contributed by atoms with Crippen LogP contribution in [0.25, 0.3) is 0 Å². The molecule has 214 valence electrons. The Bertz CT molecular complexity index is 1030. The second-order valence-electron chi connectivity index (χ2n) is 14.3. The van der Waals surface area contributed by atoms with Crippen molar-refractivity contribution in [3.05, 3.63) is 24.0 Å². The predicted molar refractivity (Wildman–Crippen MR) is 143 cm³/mol. The minimum absolute atomic E-state index is 0.0186. The standard InChI is InChI=1S/C29H46O8Si/c1-25(2)15-18(37-38(8,9)10)22-28(6)19(17-16-33-26(3,4)36-20(17)21-24(28)34-21)23(35-22)29(25,30-7)12-11-27(5)31-13-14-32-27/h11-12,15,17,19-24H,13-14,16H2,1-10H3/b12-11+/t17-,19+,20+,21+,22-,23-,24+,28+,29+/m0/s1. The van der Waals surface area contributed by atoms with Gasteiger partial charge in [0.1, 0.15) is 23.6 Å². The van der Waals surface area contributed by atoms with Crippen molar-refractivity contribution in [1.82, 2.24) is 0 Å². The fraction of sp³-hybridized carbons (Fsp3) is 0.862. The molecule has 6 rings (SSSR count). The molecule has 0 aromatic heterocycles. The molecule has 0 aromatic carbocycles. The zero-order valence-electron chi connectivity index (χ0n) is 24.7. The van der Waals surface area contributed by atoms with Gasteiger partial charge in [-0.15, -0.1) is 0 Å². The Morgan fingerprint density at radius 2 is 1.58 bits per heavy atom. The van der Waals surface area contributed by atoms with Gasteiger partial charge >= 0.3 is 0 Å². The summed E-state index contributed by atoms with van der Waals surface area (Å²) >= 11 is 0. The second kappa shape index (κ2) is 8.38. The van der Waals surface area contributed by atoms with Crippen LogP contribution in [0.3, 0.4) is 0 Å². The van der Waals surface area contributed by atoms with E-state index in [1.54, 1.807) is 7.11 Å². The first-order valence-corrected chi connectivity index (χ1v) is 17.5. The summed E-state index contributed by atoms with van der Waals surface area (Å²) in [4.78, 5) is 0. The van der Waals surface area contributed by atoms with Crippen molar-refractivity contribution in [2.45, 2.75) is 109 Å². The average molecular weight is 551 g/mol. The van der Waals surface area contributed by atoms with Crippen molar-refractivity contribution in [1.29, 1.82) is 0 Å². The molecule has 5 heterocycles. The predicted octanol–water partition coefficient (Wildman–Crippen LogP) is 4.40. The number of rotatable bonds is 5. The van der Waals surface area contributed by atoms with Crippen molar-refractivity contribution in [3.63, 3.8) is 0 Å². The van der Waals surface area contributed by atoms with E-state index in [2.05, 4.69) is 52.6 Å². The maximum atomic E-state index is 7.20. The average Bonchev–Trinajstić information content (AvgIpc) is 3.42. The van der Waals surface area contributed by atoms with Crippen LogP contribution in [0.15, 0.2) is 24.0 Å². The Kier molecular flexibility index (Phi) is 6.04. The lowest BCUT2D eigenvalue weighted by Gasteiger charge is -2.55. The lowest BCUT2D eigenvalue weighted by molar-refractivity contribution is -0.312. The molecule has 38 heavy (non-hydrogen) atoms. The van der Waals surface area contributed by atoms with Gasteiger partial charge < -0.3 is 37.6 Å². The number of fused-ring (bicyclic) bond motifs is 10. The van der Waals surface area contributed by atoms with Crippen molar-refractivity contribution < 1.29 is 37.6 Å². The molecule has 0 radical (unpaired) electrons. The number of ether oxygens (including phenoxy) is 7. The molecule has 9 atom stereocenters. The minimum Gasteiger partial charge on any atom is -0.546 e. The van der Waals surface area contributed by atoms with Crippen LogP contribution in [-0.2, 0) is 37.6 Å². The number of hydrogen-bond donors (Lipinski definition) is 0. The third-order valence-corrected chi connectivity index (χ3v) is 10.6. The van der Waals surface area contributed by atoms with Crippen molar-refractivity contribution in [3.8, 4) is 0 Å². The largest absolute Gasteiger partial charge is 0.546 e. The van der Waals surface area contributed by atoms with E-state index in [-0.39, 0.29) is 47.8 Å². The highest BCUT2D eigenvalue weighted by Crippen LogP contribution is 2.68. The molecule has 5 fully saturated rings. The fourth-order valence-corrected chi connectivity index (χ4v) is 8.86. The van der Waals surface area contributed by atoms with Crippen molar-refractivity contribution in [2.75, 3.05) is 26.9 Å². The molecule has 0 amide bonds. The second-order valence-corrected chi connectivity index (χ2v) is 18.8. The van der Waals surface area contributed by atoms with E-state index in [1.165, 1.54) is 0 Å². The molecular formula is C29H46O8Si. The molecule has 0 N–H and O–H groups in total. The van der Waals surface area contributed by atoms with E-state index in [1.807, 2.05) is 26.8 Å². The normalized spacial score (nSPS) is 48.1. The Balaban J connectivity index is 1.52. The molecule has 0 unspecified atom stereocenters. The van der Waals surface area contributed by atoms with Gasteiger partial charge in [-0.25, -0.2) is 0 Å². The summed E-state index contributed by atoms with van der Waals surface area (Å²) in [6, 6.07) is 0. The highest BCUT2D eigenvalue weighted by atomic mass is 28.4. The smallest absolute Gasteiger partial charge is 0.241 e. The summed E-state index contributed by atoms with van der Waals surface area (Å²) in [7, 11) is -0.184. The first-order valence-electron chi connectivity index (χ1n) is 14.1. The zero-order valence-corrected chi connectivity index (χ0v) is 25.7. The summed E-state index contributed by atoms with van der Waals surface area (Å²) in [5.74, 6) is -0.412. The molecule has 4 saturated heterocycles. The molecule has 9 heteroatoms. The SMILES string of the molecule is CO[C@]1(/C=C/C2(C)OCCO2)[C@H]2O[C@@H](C(O[Si](C)(C)C)=CC1(C)C)[C@@]1(C)[C@@H]2[C@@H]2COC(C)(C)O[C@H]2[C@H]2O[C@H]21. The monoisotopic (exact) mass is 550 g/mol. The van der Waals surface area contributed by atoms with Gasteiger partial charge in [0.2, 0.25) is 8.32 Å². The highest BCUT2D eigenvalue weighted by Gasteiger charge is 2.78. The van der Waals surface area contributed by atoms with Crippen LogP contribution in [0.5, 0.6) is 0 Å². The molecule has 8 nitrogen and oxygen atoms in total. The van der Waals surface area contributed by atoms with E-state index in [4.69, 9.17) is 37.6 Å². The van der Waals surface area contributed by atoms with Gasteiger partial charge in [-0.3, -0.25) is 0 Å². The van der Waals surface area contributed by atoms with E-state index in [9.17, 15) is 0 Å². The molecular weight excluding hydrogens is 504 g/mol. The first-order chi connectivity index (χ1) is 17.6. The first kappa shape index (κ1) is 27.4. The maximum absolute atomic E-state index is 7.20. The van der Waals surface area contributed by atoms with Crippen LogP contribution in [0.1, 0.15) is 41.5 Å². The quantitative estimate of drug-likeness (QED) is 0.283. The Hall–Kier alpha value is -0.783.